The number of benzene rings is 1. The van der Waals surface area contributed by atoms with Gasteiger partial charge in [0.1, 0.15) is 0 Å². The molecule has 0 aliphatic heterocycles. The molecular weight excluding hydrogens is 268 g/mol. The summed E-state index contributed by atoms with van der Waals surface area (Å²) in [5.41, 5.74) is -5.97. The number of methoxy groups -OCH3 is 1. The van der Waals surface area contributed by atoms with Crippen LogP contribution in [0.5, 0.6) is 0 Å². The first-order valence-corrected chi connectivity index (χ1v) is 5.56. The van der Waals surface area contributed by atoms with Gasteiger partial charge in [-0.05, 0) is 6.92 Å². The highest BCUT2D eigenvalue weighted by molar-refractivity contribution is 6.19. The van der Waals surface area contributed by atoms with Gasteiger partial charge in [0.15, 0.2) is 0 Å². The van der Waals surface area contributed by atoms with E-state index in [2.05, 4.69) is 4.74 Å². The molecule has 1 aromatic carbocycles. The Morgan fingerprint density at radius 3 is 1.90 bits per heavy atom. The Hall–Kier alpha value is -2.25. The largest absolute Gasteiger partial charge is 0.479 e. The first-order chi connectivity index (χ1) is 9.21. The van der Waals surface area contributed by atoms with Crippen LogP contribution in [0, 0.1) is 0 Å². The number of ketones is 1. The van der Waals surface area contributed by atoms with Crippen LogP contribution in [0.15, 0.2) is 30.3 Å². The van der Waals surface area contributed by atoms with E-state index in [1.54, 1.807) is 6.07 Å². The maximum Gasteiger partial charge on any atom is 0.348 e. The molecule has 1 unspecified atom stereocenters. The smallest absolute Gasteiger partial charge is 0.348 e. The number of hydrogen-bond donors (Lipinski definition) is 3. The van der Waals surface area contributed by atoms with Crippen molar-refractivity contribution in [1.29, 1.82) is 0 Å². The highest BCUT2D eigenvalue weighted by atomic mass is 16.5. The van der Waals surface area contributed by atoms with Crippen molar-refractivity contribution in [3.8, 4) is 0 Å². The van der Waals surface area contributed by atoms with Crippen molar-refractivity contribution in [3.63, 3.8) is 0 Å². The molecule has 7 nitrogen and oxygen atoms in total. The zero-order chi connectivity index (χ0) is 15.6. The van der Waals surface area contributed by atoms with Gasteiger partial charge in [-0.2, -0.15) is 0 Å². The van der Waals surface area contributed by atoms with E-state index in [1.165, 1.54) is 24.3 Å². The van der Waals surface area contributed by atoms with Crippen molar-refractivity contribution in [3.05, 3.63) is 35.9 Å². The zero-order valence-electron chi connectivity index (χ0n) is 10.9. The number of carbonyl (C=O) groups excluding carboxylic acids is 1. The average molecular weight is 282 g/mol. The molecule has 1 aromatic rings. The van der Waals surface area contributed by atoms with Gasteiger partial charge in [0.05, 0.1) is 0 Å². The number of aliphatic hydroxyl groups is 1. The molecule has 0 radical (unpaired) electrons. The van der Waals surface area contributed by atoms with Crippen molar-refractivity contribution < 1.29 is 34.4 Å². The molecule has 0 aromatic heterocycles. The Bertz CT molecular complexity index is 535. The predicted molar refractivity (Wildman–Crippen MR) is 66.4 cm³/mol. The number of carbonyl (C=O) groups is 3. The van der Waals surface area contributed by atoms with Crippen molar-refractivity contribution >= 4 is 17.7 Å². The third-order valence-electron chi connectivity index (χ3n) is 3.07. The number of aliphatic carboxylic acids is 2. The SMILES string of the molecule is CO[C@](C(=O)O)(C(=O)c1ccccc1)C(C)(O)C(=O)O. The normalized spacial score (nSPS) is 16.8. The first-order valence-electron chi connectivity index (χ1n) is 5.56. The van der Waals surface area contributed by atoms with Crippen molar-refractivity contribution in [2.45, 2.75) is 18.1 Å². The predicted octanol–water partition coefficient (Wildman–Crippen LogP) is 0.175. The van der Waals surface area contributed by atoms with Crippen molar-refractivity contribution in [1.82, 2.24) is 0 Å². The summed E-state index contributed by atoms with van der Waals surface area (Å²) in [7, 11) is 0.854. The van der Waals surface area contributed by atoms with Gasteiger partial charge in [-0.1, -0.05) is 30.3 Å². The quantitative estimate of drug-likeness (QED) is 0.502. The second-order valence-electron chi connectivity index (χ2n) is 4.26. The van der Waals surface area contributed by atoms with Crippen LogP contribution in [0.25, 0.3) is 0 Å². The van der Waals surface area contributed by atoms with Gasteiger partial charge in [0.2, 0.25) is 11.4 Å². The van der Waals surface area contributed by atoms with Gasteiger partial charge in [-0.25, -0.2) is 9.59 Å². The topological polar surface area (TPSA) is 121 Å². The van der Waals surface area contributed by atoms with Gasteiger partial charge in [0, 0.05) is 12.7 Å². The number of Topliss-reactive ketones (excluding diaryl/α,β-unsaturated/α-hetero) is 1. The van der Waals surface area contributed by atoms with Crippen LogP contribution in [-0.4, -0.2) is 51.4 Å². The summed E-state index contributed by atoms with van der Waals surface area (Å²) in [6.07, 6.45) is 0. The van der Waals surface area contributed by atoms with Crippen molar-refractivity contribution in [2.75, 3.05) is 7.11 Å². The summed E-state index contributed by atoms with van der Waals surface area (Å²) in [4.78, 5) is 34.9. The van der Waals surface area contributed by atoms with E-state index in [1.807, 2.05) is 0 Å². The van der Waals surface area contributed by atoms with E-state index in [0.717, 1.165) is 7.11 Å². The molecule has 2 atom stereocenters. The minimum absolute atomic E-state index is 0.0849. The molecule has 0 saturated carbocycles. The lowest BCUT2D eigenvalue weighted by atomic mass is 9.78. The fourth-order valence-electron chi connectivity index (χ4n) is 1.85. The van der Waals surface area contributed by atoms with E-state index >= 15 is 0 Å². The number of carboxylic acids is 2. The molecule has 0 heterocycles. The minimum atomic E-state index is -2.94. The average Bonchev–Trinajstić information content (AvgIpc) is 2.40. The molecule has 0 bridgehead atoms. The third kappa shape index (κ3) is 2.17. The third-order valence-corrected chi connectivity index (χ3v) is 3.07. The van der Waals surface area contributed by atoms with E-state index < -0.39 is 28.9 Å². The molecule has 3 N–H and O–H groups in total. The van der Waals surface area contributed by atoms with E-state index in [-0.39, 0.29) is 5.56 Å². The fraction of sp³-hybridized carbons (Fsp3) is 0.308. The Kier molecular flexibility index (Phi) is 4.26. The van der Waals surface area contributed by atoms with Gasteiger partial charge < -0.3 is 20.1 Å². The first kappa shape index (κ1) is 15.8. The van der Waals surface area contributed by atoms with Gasteiger partial charge >= 0.3 is 11.9 Å². The number of carboxylic acid groups (broad SMARTS) is 2. The van der Waals surface area contributed by atoms with Crippen LogP contribution in [0.3, 0.4) is 0 Å². The molecular formula is C13H14O7. The van der Waals surface area contributed by atoms with E-state index in [4.69, 9.17) is 5.11 Å². The Labute approximate surface area is 114 Å². The lowest BCUT2D eigenvalue weighted by molar-refractivity contribution is -0.197. The van der Waals surface area contributed by atoms with E-state index in [9.17, 15) is 24.6 Å². The minimum Gasteiger partial charge on any atom is -0.479 e. The lowest BCUT2D eigenvalue weighted by Crippen LogP contribution is -2.67. The molecule has 1 rings (SSSR count). The molecule has 0 saturated heterocycles. The van der Waals surface area contributed by atoms with Crippen LogP contribution in [0.2, 0.25) is 0 Å². The standard InChI is InChI=1S/C13H14O7/c1-12(19,10(15)16)13(20-2,11(17)18)9(14)8-6-4-3-5-7-8/h3-7,19H,1-2H3,(H,15,16)(H,17,18)/t12?,13-/m0/s1. The summed E-state index contributed by atoms with van der Waals surface area (Å²) in [6.45, 7) is 0.702. The van der Waals surface area contributed by atoms with Crippen molar-refractivity contribution in [2.24, 2.45) is 0 Å². The van der Waals surface area contributed by atoms with Gasteiger partial charge in [-0.3, -0.25) is 4.79 Å². The second-order valence-corrected chi connectivity index (χ2v) is 4.26. The maximum absolute atomic E-state index is 12.4. The molecule has 0 amide bonds. The molecule has 7 heteroatoms. The fourth-order valence-corrected chi connectivity index (χ4v) is 1.85. The number of ether oxygens (including phenoxy) is 1. The van der Waals surface area contributed by atoms with Crippen LogP contribution in [0.1, 0.15) is 17.3 Å². The molecule has 0 spiro atoms. The summed E-state index contributed by atoms with van der Waals surface area (Å²) in [5, 5.41) is 28.3. The molecule has 108 valence electrons. The Balaban J connectivity index is 3.52. The van der Waals surface area contributed by atoms with Crippen LogP contribution in [-0.2, 0) is 14.3 Å². The monoisotopic (exact) mass is 282 g/mol. The van der Waals surface area contributed by atoms with Gasteiger partial charge in [-0.15, -0.1) is 0 Å². The zero-order valence-corrected chi connectivity index (χ0v) is 10.9. The summed E-state index contributed by atoms with van der Waals surface area (Å²) >= 11 is 0. The summed E-state index contributed by atoms with van der Waals surface area (Å²) < 4.78 is 4.66. The highest BCUT2D eigenvalue weighted by Crippen LogP contribution is 2.31. The Morgan fingerprint density at radius 2 is 1.55 bits per heavy atom. The van der Waals surface area contributed by atoms with Crippen LogP contribution < -0.4 is 0 Å². The Morgan fingerprint density at radius 1 is 1.05 bits per heavy atom. The van der Waals surface area contributed by atoms with Crippen LogP contribution >= 0.6 is 0 Å². The molecule has 20 heavy (non-hydrogen) atoms. The van der Waals surface area contributed by atoms with Crippen LogP contribution in [0.4, 0.5) is 0 Å². The number of hydrogen-bond acceptors (Lipinski definition) is 5. The highest BCUT2D eigenvalue weighted by Gasteiger charge is 2.64. The summed E-state index contributed by atoms with van der Waals surface area (Å²) in [5.74, 6) is -4.92. The second kappa shape index (κ2) is 5.40. The summed E-state index contributed by atoms with van der Waals surface area (Å²) in [6, 6.07) is 7.16. The van der Waals surface area contributed by atoms with E-state index in [0.29, 0.717) is 6.92 Å². The molecule has 0 aliphatic rings. The molecule has 0 fully saturated rings. The lowest BCUT2D eigenvalue weighted by Gasteiger charge is -2.36. The van der Waals surface area contributed by atoms with Gasteiger partial charge in [0.25, 0.3) is 5.60 Å². The number of rotatable bonds is 6. The molecule has 0 aliphatic carbocycles. The maximum atomic E-state index is 12.4.